The van der Waals surface area contributed by atoms with Crippen LogP contribution in [0.5, 0.6) is 0 Å². The van der Waals surface area contributed by atoms with Crippen LogP contribution in [0.2, 0.25) is 0 Å². The first-order chi connectivity index (χ1) is 15.8. The van der Waals surface area contributed by atoms with Crippen LogP contribution in [0.15, 0.2) is 71.4 Å². The zero-order valence-electron chi connectivity index (χ0n) is 17.8. The van der Waals surface area contributed by atoms with Crippen LogP contribution in [0.3, 0.4) is 0 Å². The number of hydrogen-bond acceptors (Lipinski definition) is 6. The first-order valence-electron chi connectivity index (χ1n) is 10.8. The van der Waals surface area contributed by atoms with E-state index in [0.717, 1.165) is 59.9 Å². The lowest BCUT2D eigenvalue weighted by molar-refractivity contribution is -0.122. The van der Waals surface area contributed by atoms with Gasteiger partial charge in [0, 0.05) is 49.1 Å². The highest BCUT2D eigenvalue weighted by atomic mass is 32.1. The zero-order chi connectivity index (χ0) is 21.8. The van der Waals surface area contributed by atoms with Crippen molar-refractivity contribution in [3.8, 4) is 11.4 Å². The predicted octanol–water partition coefficient (Wildman–Crippen LogP) is 3.80. The lowest BCUT2D eigenvalue weighted by Crippen LogP contribution is -2.49. The molecule has 0 aliphatic carbocycles. The van der Waals surface area contributed by atoms with Crippen LogP contribution in [0, 0.1) is 0 Å². The molecule has 1 fully saturated rings. The number of thiophene rings is 1. The first kappa shape index (κ1) is 20.6. The molecule has 1 saturated heterocycles. The van der Waals surface area contributed by atoms with Crippen molar-refractivity contribution in [1.29, 1.82) is 0 Å². The molecule has 32 heavy (non-hydrogen) atoms. The third-order valence-corrected chi connectivity index (χ3v) is 6.42. The van der Waals surface area contributed by atoms with Gasteiger partial charge in [-0.3, -0.25) is 9.69 Å². The van der Waals surface area contributed by atoms with E-state index in [2.05, 4.69) is 38.0 Å². The molecule has 7 heteroatoms. The molecule has 0 saturated carbocycles. The van der Waals surface area contributed by atoms with Crippen LogP contribution >= 0.6 is 11.3 Å². The van der Waals surface area contributed by atoms with Gasteiger partial charge in [0.05, 0.1) is 12.1 Å². The van der Waals surface area contributed by atoms with Gasteiger partial charge >= 0.3 is 0 Å². The summed E-state index contributed by atoms with van der Waals surface area (Å²) in [5.74, 6) is 1.81. The summed E-state index contributed by atoms with van der Waals surface area (Å²) in [5, 5.41) is 8.23. The zero-order valence-corrected chi connectivity index (χ0v) is 18.6. The predicted molar refractivity (Wildman–Crippen MR) is 130 cm³/mol. The number of piperazine rings is 1. The van der Waals surface area contributed by atoms with E-state index in [-0.39, 0.29) is 5.91 Å². The fourth-order valence-electron chi connectivity index (χ4n) is 3.99. The van der Waals surface area contributed by atoms with Crippen LogP contribution < -0.4 is 10.2 Å². The highest BCUT2D eigenvalue weighted by Crippen LogP contribution is 2.29. The van der Waals surface area contributed by atoms with Crippen molar-refractivity contribution in [3.63, 3.8) is 0 Å². The molecule has 4 aromatic rings. The topological polar surface area (TPSA) is 61.4 Å². The van der Waals surface area contributed by atoms with Gasteiger partial charge in [-0.2, -0.15) is 11.3 Å². The second-order valence-corrected chi connectivity index (χ2v) is 8.71. The van der Waals surface area contributed by atoms with Crippen LogP contribution in [0.4, 0.5) is 5.82 Å². The van der Waals surface area contributed by atoms with Gasteiger partial charge in [-0.25, -0.2) is 9.97 Å². The van der Waals surface area contributed by atoms with Crippen LogP contribution in [-0.2, 0) is 11.3 Å². The van der Waals surface area contributed by atoms with E-state index in [1.54, 1.807) is 11.3 Å². The number of aromatic nitrogens is 2. The summed E-state index contributed by atoms with van der Waals surface area (Å²) in [6, 6.07) is 20.2. The average molecular weight is 444 g/mol. The molecule has 1 aliphatic heterocycles. The maximum absolute atomic E-state index is 12.4. The smallest absolute Gasteiger partial charge is 0.234 e. The number of para-hydroxylation sites is 1. The van der Waals surface area contributed by atoms with E-state index in [1.807, 2.05) is 48.5 Å². The number of amides is 1. The van der Waals surface area contributed by atoms with Gasteiger partial charge in [-0.1, -0.05) is 42.5 Å². The average Bonchev–Trinajstić information content (AvgIpc) is 3.38. The Labute approximate surface area is 191 Å². The Kier molecular flexibility index (Phi) is 6.09. The molecule has 1 aliphatic rings. The largest absolute Gasteiger partial charge is 0.353 e. The van der Waals surface area contributed by atoms with Crippen molar-refractivity contribution >= 4 is 34.0 Å². The SMILES string of the molecule is O=C(CN1CCN(c2nc(-c3ccsc3)nc3ccccc23)CC1)NCc1ccccc1. The highest BCUT2D eigenvalue weighted by Gasteiger charge is 2.22. The molecule has 1 amide bonds. The molecule has 0 unspecified atom stereocenters. The van der Waals surface area contributed by atoms with Crippen molar-refractivity contribution in [2.24, 2.45) is 0 Å². The molecule has 0 bridgehead atoms. The molecule has 2 aromatic carbocycles. The van der Waals surface area contributed by atoms with Gasteiger partial charge in [0.1, 0.15) is 5.82 Å². The molecule has 5 rings (SSSR count). The van der Waals surface area contributed by atoms with Crippen LogP contribution in [-0.4, -0.2) is 53.5 Å². The van der Waals surface area contributed by atoms with Gasteiger partial charge in [0.15, 0.2) is 5.82 Å². The summed E-state index contributed by atoms with van der Waals surface area (Å²) in [4.78, 5) is 26.6. The lowest BCUT2D eigenvalue weighted by atomic mass is 10.2. The van der Waals surface area contributed by atoms with E-state index >= 15 is 0 Å². The molecule has 0 atom stereocenters. The summed E-state index contributed by atoms with van der Waals surface area (Å²) in [5.41, 5.74) is 3.12. The summed E-state index contributed by atoms with van der Waals surface area (Å²) in [6.45, 7) is 4.30. The summed E-state index contributed by atoms with van der Waals surface area (Å²) in [7, 11) is 0. The number of anilines is 1. The van der Waals surface area contributed by atoms with Gasteiger partial charge in [-0.15, -0.1) is 0 Å². The normalized spacial score (nSPS) is 14.6. The number of benzene rings is 2. The van der Waals surface area contributed by atoms with Crippen molar-refractivity contribution in [3.05, 3.63) is 77.0 Å². The third kappa shape index (κ3) is 4.64. The van der Waals surface area contributed by atoms with Gasteiger partial charge in [0.25, 0.3) is 0 Å². The number of carbonyl (C=O) groups is 1. The minimum absolute atomic E-state index is 0.0644. The molecule has 6 nitrogen and oxygen atoms in total. The maximum atomic E-state index is 12.4. The molecule has 0 spiro atoms. The molecule has 2 aromatic heterocycles. The Morgan fingerprint density at radius 3 is 2.50 bits per heavy atom. The minimum Gasteiger partial charge on any atom is -0.353 e. The molecular formula is C25H25N5OS. The second-order valence-electron chi connectivity index (χ2n) is 7.93. The molecular weight excluding hydrogens is 418 g/mol. The van der Waals surface area contributed by atoms with Crippen LogP contribution in [0.1, 0.15) is 5.56 Å². The van der Waals surface area contributed by atoms with Gasteiger partial charge in [-0.05, 0) is 29.1 Å². The van der Waals surface area contributed by atoms with E-state index in [9.17, 15) is 4.79 Å². The Hall–Kier alpha value is -3.29. The van der Waals surface area contributed by atoms with Gasteiger partial charge in [0.2, 0.25) is 5.91 Å². The van der Waals surface area contributed by atoms with Gasteiger partial charge < -0.3 is 10.2 Å². The quantitative estimate of drug-likeness (QED) is 0.491. The number of hydrogen-bond donors (Lipinski definition) is 1. The van der Waals surface area contributed by atoms with Crippen molar-refractivity contribution in [2.75, 3.05) is 37.6 Å². The summed E-state index contributed by atoms with van der Waals surface area (Å²) >= 11 is 1.65. The molecule has 1 N–H and O–H groups in total. The Morgan fingerprint density at radius 2 is 1.72 bits per heavy atom. The highest BCUT2D eigenvalue weighted by molar-refractivity contribution is 7.08. The number of nitrogens with one attached hydrogen (secondary N) is 1. The monoisotopic (exact) mass is 443 g/mol. The fourth-order valence-corrected chi connectivity index (χ4v) is 4.63. The Morgan fingerprint density at radius 1 is 0.938 bits per heavy atom. The number of fused-ring (bicyclic) bond motifs is 1. The third-order valence-electron chi connectivity index (χ3n) is 5.73. The fraction of sp³-hybridized carbons (Fsp3) is 0.240. The van der Waals surface area contributed by atoms with E-state index < -0.39 is 0 Å². The van der Waals surface area contributed by atoms with Crippen molar-refractivity contribution in [1.82, 2.24) is 20.2 Å². The Balaban J connectivity index is 1.24. The van der Waals surface area contributed by atoms with E-state index in [1.165, 1.54) is 0 Å². The van der Waals surface area contributed by atoms with Crippen molar-refractivity contribution < 1.29 is 4.79 Å². The Bertz CT molecular complexity index is 1190. The number of rotatable bonds is 6. The lowest BCUT2D eigenvalue weighted by Gasteiger charge is -2.35. The van der Waals surface area contributed by atoms with E-state index in [0.29, 0.717) is 13.1 Å². The minimum atomic E-state index is 0.0644. The maximum Gasteiger partial charge on any atom is 0.234 e. The number of carbonyl (C=O) groups excluding carboxylic acids is 1. The molecule has 162 valence electrons. The van der Waals surface area contributed by atoms with E-state index in [4.69, 9.17) is 9.97 Å². The number of nitrogens with zero attached hydrogens (tertiary/aromatic N) is 4. The molecule has 3 heterocycles. The second kappa shape index (κ2) is 9.46. The standard InChI is InChI=1S/C25H25N5OS/c31-23(26-16-19-6-2-1-3-7-19)17-29-11-13-30(14-12-29)25-21-8-4-5-9-22(21)27-24(28-25)20-10-15-32-18-20/h1-10,15,18H,11-14,16-17H2,(H,26,31). The summed E-state index contributed by atoms with van der Waals surface area (Å²) < 4.78 is 0. The van der Waals surface area contributed by atoms with Crippen LogP contribution in [0.25, 0.3) is 22.3 Å². The van der Waals surface area contributed by atoms with Crippen molar-refractivity contribution in [2.45, 2.75) is 6.54 Å². The summed E-state index contributed by atoms with van der Waals surface area (Å²) in [6.07, 6.45) is 0. The molecule has 0 radical (unpaired) electrons. The first-order valence-corrected chi connectivity index (χ1v) is 11.8.